The Labute approximate surface area is 356 Å². The Bertz CT molecular complexity index is 2060. The SMILES string of the molecule is CC1(C)O[C@H]2O[C@](CO[Si](c3ccccc3)(c3ccccc3)C(C)(C)C)([C@@]3(O)[C@H](CO[Si](c4ccccc4)(c4ccccc4)C(C)(C)C)O[C@@H]4OC(C)(C)O[C@@H]43)C(=O)[C@H]2O1. The predicted molar refractivity (Wildman–Crippen MR) is 233 cm³/mol. The molecule has 0 unspecified atom stereocenters. The molecule has 4 fully saturated rings. The molecule has 1 N–H and O–H groups in total. The maximum atomic E-state index is 15.6. The molecule has 60 heavy (non-hydrogen) atoms. The van der Waals surface area contributed by atoms with Crippen molar-refractivity contribution in [3.63, 3.8) is 0 Å². The zero-order valence-electron chi connectivity index (χ0n) is 36.5. The molecule has 4 aliphatic heterocycles. The normalized spacial score (nSPS) is 30.1. The van der Waals surface area contributed by atoms with Crippen molar-refractivity contribution in [3.8, 4) is 0 Å². The summed E-state index contributed by atoms with van der Waals surface area (Å²) in [6.45, 7) is 19.5. The van der Waals surface area contributed by atoms with Crippen molar-refractivity contribution in [1.82, 2.24) is 0 Å². The topological polar surface area (TPSA) is 111 Å². The van der Waals surface area contributed by atoms with Gasteiger partial charge in [-0.2, -0.15) is 0 Å². The highest BCUT2D eigenvalue weighted by Gasteiger charge is 2.79. The van der Waals surface area contributed by atoms with Crippen LogP contribution >= 0.6 is 0 Å². The van der Waals surface area contributed by atoms with Crippen LogP contribution in [0.15, 0.2) is 121 Å². The van der Waals surface area contributed by atoms with Crippen LogP contribution in [0.3, 0.4) is 0 Å². The highest BCUT2D eigenvalue weighted by Crippen LogP contribution is 2.55. The molecule has 4 aromatic rings. The van der Waals surface area contributed by atoms with E-state index in [1.54, 1.807) is 27.7 Å². The Kier molecular flexibility index (Phi) is 10.9. The van der Waals surface area contributed by atoms with Crippen molar-refractivity contribution < 1.29 is 47.2 Å². The highest BCUT2D eigenvalue weighted by molar-refractivity contribution is 7.00. The molecule has 4 aromatic carbocycles. The average Bonchev–Trinajstić information content (AvgIpc) is 3.85. The molecule has 4 saturated heterocycles. The zero-order valence-corrected chi connectivity index (χ0v) is 38.5. The Morgan fingerprint density at radius 2 is 0.967 bits per heavy atom. The molecule has 0 aliphatic carbocycles. The summed E-state index contributed by atoms with van der Waals surface area (Å²) >= 11 is 0. The smallest absolute Gasteiger partial charge is 0.261 e. The fourth-order valence-electron chi connectivity index (χ4n) is 10.2. The van der Waals surface area contributed by atoms with Crippen LogP contribution in [0.1, 0.15) is 69.2 Å². The summed E-state index contributed by atoms with van der Waals surface area (Å²) in [5.41, 5.74) is -4.39. The molecule has 0 saturated carbocycles. The molecule has 0 aromatic heterocycles. The van der Waals surface area contributed by atoms with Crippen LogP contribution in [0, 0.1) is 0 Å². The third-order valence-corrected chi connectivity index (χ3v) is 22.7. The lowest BCUT2D eigenvalue weighted by Crippen LogP contribution is -2.75. The number of rotatable bonds is 11. The van der Waals surface area contributed by atoms with Crippen LogP contribution in [-0.4, -0.2) is 94.4 Å². The van der Waals surface area contributed by atoms with E-state index in [0.29, 0.717) is 0 Å². The van der Waals surface area contributed by atoms with E-state index < -0.39 is 86.2 Å². The molecular formula is C48H60O10Si2. The quantitative estimate of drug-likeness (QED) is 0.193. The van der Waals surface area contributed by atoms with Crippen molar-refractivity contribution in [1.29, 1.82) is 0 Å². The average molecular weight is 853 g/mol. The summed E-state index contributed by atoms with van der Waals surface area (Å²) in [7, 11) is -6.55. The van der Waals surface area contributed by atoms with E-state index in [0.717, 1.165) is 20.7 Å². The number of hydrogen-bond donors (Lipinski definition) is 1. The molecule has 0 spiro atoms. The van der Waals surface area contributed by atoms with E-state index in [-0.39, 0.29) is 13.2 Å². The fraction of sp³-hybridized carbons (Fsp3) is 0.479. The van der Waals surface area contributed by atoms with Crippen molar-refractivity contribution in [2.45, 2.75) is 133 Å². The number of aliphatic hydroxyl groups is 1. The third kappa shape index (κ3) is 6.83. The summed E-state index contributed by atoms with van der Waals surface area (Å²) in [5, 5.41) is 17.3. The lowest BCUT2D eigenvalue weighted by atomic mass is 9.73. The van der Waals surface area contributed by atoms with Gasteiger partial charge in [0.05, 0.1) is 13.2 Å². The lowest BCUT2D eigenvalue weighted by molar-refractivity contribution is -0.296. The zero-order chi connectivity index (χ0) is 43.0. The van der Waals surface area contributed by atoms with Gasteiger partial charge in [0.25, 0.3) is 16.6 Å². The second-order valence-electron chi connectivity index (χ2n) is 19.5. The number of benzene rings is 4. The van der Waals surface area contributed by atoms with E-state index in [4.69, 9.17) is 37.3 Å². The standard InChI is InChI=1S/C48H60O10Si2/c1-43(2,3)59(33-23-15-11-16-24-33,34-25-17-12-18-26-34)51-31-37-48(50,40-42(53-37)57-46(9,10)55-40)47(39(49)38-41(58-47)56-45(7,8)54-38)32-52-60(44(4,5)6,35-27-19-13-20-28-35)36-29-21-14-22-30-36/h11-30,37-38,40-42,50H,31-32H2,1-10H3/t37-,38+,40-,41-,42+,47-,48+/m0/s1. The molecule has 320 valence electrons. The number of ether oxygens (including phenoxy) is 6. The first-order valence-corrected chi connectivity index (χ1v) is 24.8. The third-order valence-electron chi connectivity index (χ3n) is 12.7. The van der Waals surface area contributed by atoms with Crippen molar-refractivity contribution in [2.75, 3.05) is 13.2 Å². The van der Waals surface area contributed by atoms with Crippen LogP contribution < -0.4 is 20.7 Å². The molecular weight excluding hydrogens is 793 g/mol. The second kappa shape index (κ2) is 15.2. The maximum absolute atomic E-state index is 15.6. The number of Topliss-reactive ketones (excluding diaryl/α,β-unsaturated/α-hetero) is 1. The van der Waals surface area contributed by atoms with Crippen LogP contribution in [0.5, 0.6) is 0 Å². The fourth-order valence-corrected chi connectivity index (χ4v) is 19.3. The van der Waals surface area contributed by atoms with Crippen LogP contribution in [0.25, 0.3) is 0 Å². The van der Waals surface area contributed by atoms with E-state index in [1.807, 2.05) is 72.8 Å². The van der Waals surface area contributed by atoms with Gasteiger partial charge in [-0.3, -0.25) is 4.79 Å². The van der Waals surface area contributed by atoms with Gasteiger partial charge in [-0.25, -0.2) is 0 Å². The van der Waals surface area contributed by atoms with E-state index in [1.165, 1.54) is 0 Å². The number of hydrogen-bond acceptors (Lipinski definition) is 10. The number of carbonyl (C=O) groups is 1. The maximum Gasteiger partial charge on any atom is 0.261 e. The van der Waals surface area contributed by atoms with Crippen LogP contribution in [0.2, 0.25) is 10.1 Å². The monoisotopic (exact) mass is 852 g/mol. The summed E-state index contributed by atoms with van der Waals surface area (Å²) < 4.78 is 54.3. The number of fused-ring (bicyclic) bond motifs is 2. The molecule has 7 atom stereocenters. The van der Waals surface area contributed by atoms with Gasteiger partial charge in [0.2, 0.25) is 5.78 Å². The van der Waals surface area contributed by atoms with E-state index >= 15 is 4.79 Å². The van der Waals surface area contributed by atoms with Crippen molar-refractivity contribution >= 4 is 43.2 Å². The minimum absolute atomic E-state index is 0.135. The Hall–Kier alpha value is -3.38. The molecule has 4 aliphatic rings. The van der Waals surface area contributed by atoms with Crippen LogP contribution in [0.4, 0.5) is 0 Å². The first kappa shape index (κ1) is 43.3. The van der Waals surface area contributed by atoms with Gasteiger partial charge in [-0.05, 0) is 58.5 Å². The van der Waals surface area contributed by atoms with Gasteiger partial charge in [0.15, 0.2) is 41.5 Å². The highest BCUT2D eigenvalue weighted by atomic mass is 28.4. The molecule has 12 heteroatoms. The summed E-state index contributed by atoms with van der Waals surface area (Å²) in [4.78, 5) is 15.6. The number of ketones is 1. The van der Waals surface area contributed by atoms with Crippen molar-refractivity contribution in [3.05, 3.63) is 121 Å². The number of carbonyl (C=O) groups excluding carboxylic acids is 1. The van der Waals surface area contributed by atoms with Gasteiger partial charge in [0, 0.05) is 0 Å². The first-order valence-electron chi connectivity index (χ1n) is 21.0. The van der Waals surface area contributed by atoms with Gasteiger partial charge in [0.1, 0.15) is 12.2 Å². The minimum atomic E-state index is -3.35. The molecule has 10 nitrogen and oxygen atoms in total. The molecule has 4 heterocycles. The van der Waals surface area contributed by atoms with Crippen LogP contribution in [-0.2, 0) is 42.1 Å². The summed E-state index contributed by atoms with van der Waals surface area (Å²) in [6, 6.07) is 40.8. The lowest BCUT2D eigenvalue weighted by Gasteiger charge is -2.50. The van der Waals surface area contributed by atoms with Gasteiger partial charge in [-0.15, -0.1) is 0 Å². The Morgan fingerprint density at radius 3 is 1.38 bits per heavy atom. The Morgan fingerprint density at radius 1 is 0.567 bits per heavy atom. The largest absolute Gasteiger partial charge is 0.405 e. The molecule has 0 radical (unpaired) electrons. The molecule has 8 rings (SSSR count). The molecule has 0 amide bonds. The van der Waals surface area contributed by atoms with E-state index in [2.05, 4.69) is 90.1 Å². The van der Waals surface area contributed by atoms with E-state index in [9.17, 15) is 5.11 Å². The minimum Gasteiger partial charge on any atom is -0.405 e. The predicted octanol–water partition coefficient (Wildman–Crippen LogP) is 5.56. The summed E-state index contributed by atoms with van der Waals surface area (Å²) in [5.74, 6) is -2.81. The van der Waals surface area contributed by atoms with Gasteiger partial charge < -0.3 is 42.4 Å². The van der Waals surface area contributed by atoms with Crippen molar-refractivity contribution in [2.24, 2.45) is 0 Å². The molecule has 0 bridgehead atoms. The van der Waals surface area contributed by atoms with Gasteiger partial charge >= 0.3 is 0 Å². The Balaban J connectivity index is 1.29. The second-order valence-corrected chi connectivity index (χ2v) is 28.1. The summed E-state index contributed by atoms with van der Waals surface area (Å²) in [6.07, 6.45) is -5.79. The van der Waals surface area contributed by atoms with Gasteiger partial charge in [-0.1, -0.05) is 163 Å². The first-order chi connectivity index (χ1) is 28.2.